The zero-order valence-corrected chi connectivity index (χ0v) is 11.4. The minimum Gasteiger partial charge on any atom is -0.468 e. The Balaban J connectivity index is 1.88. The van der Waals surface area contributed by atoms with Crippen molar-refractivity contribution in [3.05, 3.63) is 66.6 Å². The summed E-state index contributed by atoms with van der Waals surface area (Å²) in [6, 6.07) is 16.2. The number of benzene rings is 2. The fourth-order valence-electron chi connectivity index (χ4n) is 2.00. The van der Waals surface area contributed by atoms with Gasteiger partial charge in [0.2, 0.25) is 10.0 Å². The second kappa shape index (κ2) is 5.11. The predicted molar refractivity (Wildman–Crippen MR) is 76.7 cm³/mol. The van der Waals surface area contributed by atoms with Crippen molar-refractivity contribution in [1.82, 2.24) is 4.72 Å². The van der Waals surface area contributed by atoms with E-state index in [1.54, 1.807) is 30.3 Å². The minimum absolute atomic E-state index is 0.141. The summed E-state index contributed by atoms with van der Waals surface area (Å²) in [4.78, 5) is 0.253. The Hall–Kier alpha value is -2.11. The molecule has 0 fully saturated rings. The second-order valence-corrected chi connectivity index (χ2v) is 6.18. The average molecular weight is 287 g/mol. The molecule has 5 heteroatoms. The van der Waals surface area contributed by atoms with Crippen LogP contribution in [0.4, 0.5) is 0 Å². The molecule has 3 rings (SSSR count). The summed E-state index contributed by atoms with van der Waals surface area (Å²) in [5, 5.41) is 1.91. The fourth-order valence-corrected chi connectivity index (χ4v) is 3.03. The van der Waals surface area contributed by atoms with Gasteiger partial charge in [-0.2, -0.15) is 0 Å². The molecule has 0 radical (unpaired) electrons. The lowest BCUT2D eigenvalue weighted by Gasteiger charge is -2.06. The van der Waals surface area contributed by atoms with Crippen LogP contribution in [0.2, 0.25) is 0 Å². The molecule has 1 aromatic heterocycles. The van der Waals surface area contributed by atoms with Crippen molar-refractivity contribution >= 4 is 20.8 Å². The summed E-state index contributed by atoms with van der Waals surface area (Å²) in [5.74, 6) is 0.578. The maximum absolute atomic E-state index is 12.2. The topological polar surface area (TPSA) is 59.3 Å². The molecule has 0 saturated carbocycles. The lowest BCUT2D eigenvalue weighted by molar-refractivity contribution is 0.498. The van der Waals surface area contributed by atoms with Crippen LogP contribution in [0.1, 0.15) is 5.76 Å². The molecule has 0 saturated heterocycles. The van der Waals surface area contributed by atoms with Gasteiger partial charge in [-0.1, -0.05) is 30.3 Å². The van der Waals surface area contributed by atoms with E-state index in [-0.39, 0.29) is 11.4 Å². The van der Waals surface area contributed by atoms with Crippen molar-refractivity contribution in [3.63, 3.8) is 0 Å². The van der Waals surface area contributed by atoms with Crippen LogP contribution >= 0.6 is 0 Å². The molecule has 20 heavy (non-hydrogen) atoms. The van der Waals surface area contributed by atoms with E-state index in [0.29, 0.717) is 5.76 Å². The van der Waals surface area contributed by atoms with Gasteiger partial charge in [0.25, 0.3) is 0 Å². The van der Waals surface area contributed by atoms with Crippen molar-refractivity contribution in [2.75, 3.05) is 0 Å². The highest BCUT2D eigenvalue weighted by atomic mass is 32.2. The van der Waals surface area contributed by atoms with Gasteiger partial charge in [-0.15, -0.1) is 0 Å². The molecule has 0 aliphatic carbocycles. The summed E-state index contributed by atoms with van der Waals surface area (Å²) in [7, 11) is -3.54. The number of nitrogens with one attached hydrogen (secondary N) is 1. The molecule has 0 aliphatic rings. The molecule has 3 aromatic rings. The molecule has 0 unspecified atom stereocenters. The first-order chi connectivity index (χ1) is 9.65. The van der Waals surface area contributed by atoms with E-state index in [4.69, 9.17) is 4.42 Å². The average Bonchev–Trinajstić information content (AvgIpc) is 2.98. The Morgan fingerprint density at radius 1 is 0.950 bits per heavy atom. The van der Waals surface area contributed by atoms with Gasteiger partial charge in [-0.25, -0.2) is 13.1 Å². The van der Waals surface area contributed by atoms with Gasteiger partial charge < -0.3 is 4.42 Å². The van der Waals surface area contributed by atoms with E-state index >= 15 is 0 Å². The Bertz CT molecular complexity index is 823. The number of sulfonamides is 1. The van der Waals surface area contributed by atoms with Gasteiger partial charge in [-0.3, -0.25) is 0 Å². The largest absolute Gasteiger partial charge is 0.468 e. The van der Waals surface area contributed by atoms with Gasteiger partial charge >= 0.3 is 0 Å². The van der Waals surface area contributed by atoms with Crippen LogP contribution in [0, 0.1) is 0 Å². The maximum Gasteiger partial charge on any atom is 0.240 e. The molecule has 102 valence electrons. The normalized spacial score (nSPS) is 11.8. The van der Waals surface area contributed by atoms with Crippen molar-refractivity contribution in [1.29, 1.82) is 0 Å². The van der Waals surface area contributed by atoms with Crippen molar-refractivity contribution < 1.29 is 12.8 Å². The Labute approximate surface area is 117 Å². The summed E-state index contributed by atoms with van der Waals surface area (Å²) < 4.78 is 32.1. The number of rotatable bonds is 4. The fraction of sp³-hybridized carbons (Fsp3) is 0.0667. The molecular weight excluding hydrogens is 274 g/mol. The zero-order chi connectivity index (χ0) is 14.0. The number of furan rings is 1. The predicted octanol–water partition coefficient (Wildman–Crippen LogP) is 2.91. The van der Waals surface area contributed by atoms with Crippen molar-refractivity contribution in [2.45, 2.75) is 11.4 Å². The van der Waals surface area contributed by atoms with Crippen LogP contribution in [-0.2, 0) is 16.6 Å². The highest BCUT2D eigenvalue weighted by Gasteiger charge is 2.14. The minimum atomic E-state index is -3.54. The first-order valence-electron chi connectivity index (χ1n) is 6.16. The molecule has 0 amide bonds. The molecule has 1 heterocycles. The van der Waals surface area contributed by atoms with Crippen LogP contribution in [0.5, 0.6) is 0 Å². The quantitative estimate of drug-likeness (QED) is 0.802. The van der Waals surface area contributed by atoms with E-state index in [1.165, 1.54) is 6.26 Å². The van der Waals surface area contributed by atoms with E-state index in [1.807, 2.05) is 24.3 Å². The molecule has 0 atom stereocenters. The van der Waals surface area contributed by atoms with Crippen LogP contribution in [-0.4, -0.2) is 8.42 Å². The number of hydrogen-bond acceptors (Lipinski definition) is 3. The summed E-state index contributed by atoms with van der Waals surface area (Å²) in [6.45, 7) is 0.141. The van der Waals surface area contributed by atoms with Gasteiger partial charge in [-0.05, 0) is 35.0 Å². The molecule has 1 N–H and O–H groups in total. The summed E-state index contributed by atoms with van der Waals surface area (Å²) >= 11 is 0. The Kier molecular flexibility index (Phi) is 3.30. The van der Waals surface area contributed by atoms with Crippen LogP contribution < -0.4 is 4.72 Å². The molecule has 0 aliphatic heterocycles. The Morgan fingerprint density at radius 2 is 1.75 bits per heavy atom. The SMILES string of the molecule is O=S(=O)(NCc1ccco1)c1ccc2ccccc2c1. The maximum atomic E-state index is 12.2. The van der Waals surface area contributed by atoms with Crippen molar-refractivity contribution in [3.8, 4) is 0 Å². The van der Waals surface area contributed by atoms with E-state index in [9.17, 15) is 8.42 Å². The molecule has 0 spiro atoms. The lowest BCUT2D eigenvalue weighted by atomic mass is 10.1. The van der Waals surface area contributed by atoms with Crippen LogP contribution in [0.3, 0.4) is 0 Å². The van der Waals surface area contributed by atoms with Crippen LogP contribution in [0.15, 0.2) is 70.2 Å². The first-order valence-corrected chi connectivity index (χ1v) is 7.64. The second-order valence-electron chi connectivity index (χ2n) is 4.41. The van der Waals surface area contributed by atoms with E-state index < -0.39 is 10.0 Å². The van der Waals surface area contributed by atoms with Gasteiger partial charge in [0.05, 0.1) is 17.7 Å². The molecular formula is C15H13NO3S. The highest BCUT2D eigenvalue weighted by Crippen LogP contribution is 2.19. The van der Waals surface area contributed by atoms with E-state index in [2.05, 4.69) is 4.72 Å². The number of hydrogen-bond donors (Lipinski definition) is 1. The molecule has 4 nitrogen and oxygen atoms in total. The van der Waals surface area contributed by atoms with Crippen molar-refractivity contribution in [2.24, 2.45) is 0 Å². The third kappa shape index (κ3) is 2.59. The monoisotopic (exact) mass is 287 g/mol. The third-order valence-electron chi connectivity index (χ3n) is 3.05. The lowest BCUT2D eigenvalue weighted by Crippen LogP contribution is -2.22. The first kappa shape index (κ1) is 12.9. The summed E-state index contributed by atoms with van der Waals surface area (Å²) in [6.07, 6.45) is 1.51. The van der Waals surface area contributed by atoms with Gasteiger partial charge in [0.1, 0.15) is 5.76 Å². The Morgan fingerprint density at radius 3 is 2.50 bits per heavy atom. The van der Waals surface area contributed by atoms with Crippen LogP contribution in [0.25, 0.3) is 10.8 Å². The number of fused-ring (bicyclic) bond motifs is 1. The third-order valence-corrected chi connectivity index (χ3v) is 4.45. The molecule has 2 aromatic carbocycles. The summed E-state index contributed by atoms with van der Waals surface area (Å²) in [5.41, 5.74) is 0. The van der Waals surface area contributed by atoms with Gasteiger partial charge in [0, 0.05) is 0 Å². The van der Waals surface area contributed by atoms with E-state index in [0.717, 1.165) is 10.8 Å². The highest BCUT2D eigenvalue weighted by molar-refractivity contribution is 7.89. The smallest absolute Gasteiger partial charge is 0.240 e. The zero-order valence-electron chi connectivity index (χ0n) is 10.6. The standard InChI is InChI=1S/C15H13NO3S/c17-20(18,16-11-14-6-3-9-19-14)15-8-7-12-4-1-2-5-13(12)10-15/h1-10,16H,11H2. The molecule has 0 bridgehead atoms. The van der Waals surface area contributed by atoms with Gasteiger partial charge in [0.15, 0.2) is 0 Å².